The molecule has 0 aliphatic carbocycles. The molecule has 43 heavy (non-hydrogen) atoms. The Balaban J connectivity index is 1.33. The van der Waals surface area contributed by atoms with Crippen molar-refractivity contribution in [3.05, 3.63) is 52.7 Å². The Morgan fingerprint density at radius 1 is 1.12 bits per heavy atom. The highest BCUT2D eigenvalue weighted by molar-refractivity contribution is 6.01. The number of carbonyl (C=O) groups is 2. The minimum atomic E-state index is -5.16. The smallest absolute Gasteiger partial charge is 0.381 e. The fraction of sp³-hybridized carbons (Fsp3) is 0.552. The van der Waals surface area contributed by atoms with E-state index >= 15 is 0 Å². The summed E-state index contributed by atoms with van der Waals surface area (Å²) in [4.78, 5) is 39.0. The van der Waals surface area contributed by atoms with Crippen LogP contribution < -0.4 is 15.6 Å². The van der Waals surface area contributed by atoms with Gasteiger partial charge in [-0.15, -0.1) is 0 Å². The van der Waals surface area contributed by atoms with Crippen LogP contribution in [-0.2, 0) is 34.0 Å². The Labute approximate surface area is 248 Å². The highest BCUT2D eigenvalue weighted by atomic mass is 19.4. The number of alkyl halides is 3. The van der Waals surface area contributed by atoms with Gasteiger partial charge in [-0.05, 0) is 43.1 Å². The fourth-order valence-corrected chi connectivity index (χ4v) is 5.54. The number of anilines is 2. The number of ether oxygens (including phenoxy) is 1. The van der Waals surface area contributed by atoms with E-state index in [1.165, 1.54) is 16.8 Å². The Morgan fingerprint density at radius 3 is 2.53 bits per heavy atom. The van der Waals surface area contributed by atoms with E-state index in [9.17, 15) is 22.8 Å². The van der Waals surface area contributed by atoms with Crippen LogP contribution in [0.5, 0.6) is 0 Å². The molecule has 1 amide bonds. The van der Waals surface area contributed by atoms with Crippen LogP contribution in [0.15, 0.2) is 30.5 Å². The van der Waals surface area contributed by atoms with Gasteiger partial charge in [0.05, 0.1) is 17.8 Å². The second kappa shape index (κ2) is 13.5. The van der Waals surface area contributed by atoms with E-state index in [4.69, 9.17) is 4.74 Å². The van der Waals surface area contributed by atoms with Gasteiger partial charge in [0.15, 0.2) is 5.82 Å². The Kier molecular flexibility index (Phi) is 9.69. The van der Waals surface area contributed by atoms with Crippen molar-refractivity contribution in [2.75, 3.05) is 63.3 Å². The third-order valence-electron chi connectivity index (χ3n) is 7.94. The van der Waals surface area contributed by atoms with Crippen molar-refractivity contribution in [2.24, 2.45) is 0 Å². The molecule has 0 saturated carbocycles. The molecule has 1 aromatic heterocycles. The van der Waals surface area contributed by atoms with Gasteiger partial charge in [0.1, 0.15) is 0 Å². The topological polar surface area (TPSA) is 103 Å². The van der Waals surface area contributed by atoms with Gasteiger partial charge in [-0.2, -0.15) is 13.2 Å². The maximum Gasteiger partial charge on any atom is 0.492 e. The number of aromatic nitrogens is 1. The summed E-state index contributed by atoms with van der Waals surface area (Å²) < 4.78 is 44.4. The lowest BCUT2D eigenvalue weighted by Gasteiger charge is -2.32. The lowest BCUT2D eigenvalue weighted by Crippen LogP contribution is -2.43. The third-order valence-corrected chi connectivity index (χ3v) is 7.94. The first kappa shape index (κ1) is 31.0. The summed E-state index contributed by atoms with van der Waals surface area (Å²) in [6.45, 7) is 8.02. The first-order valence-corrected chi connectivity index (χ1v) is 14.6. The standard InChI is InChI=1S/C29H38F3N7O4/c1-3-38-26-24(19-39(38)43-28(41)29(30,31)32)25(35-22-7-13-42-14-8-22)23(17-33-26)27(40)34-16-20-5-4-6-21(15-20)18-37-11-9-36(2)10-12-37/h4-6,15,17,22H,3,7-14,16,18-19H2,1-2H3,(H,33,35)(H,34,40). The van der Waals surface area contributed by atoms with Crippen LogP contribution in [0.4, 0.5) is 24.7 Å². The molecule has 3 aliphatic rings. The molecule has 2 N–H and O–H groups in total. The monoisotopic (exact) mass is 605 g/mol. The maximum atomic E-state index is 13.6. The van der Waals surface area contributed by atoms with E-state index in [0.29, 0.717) is 49.7 Å². The highest BCUT2D eigenvalue weighted by Gasteiger charge is 2.45. The second-order valence-corrected chi connectivity index (χ2v) is 11.1. The average molecular weight is 606 g/mol. The molecule has 0 atom stereocenters. The number of benzene rings is 1. The molecule has 234 valence electrons. The van der Waals surface area contributed by atoms with Crippen LogP contribution in [0.1, 0.15) is 46.8 Å². The zero-order valence-corrected chi connectivity index (χ0v) is 24.5. The molecular weight excluding hydrogens is 567 g/mol. The van der Waals surface area contributed by atoms with Crippen molar-refractivity contribution >= 4 is 23.4 Å². The molecule has 0 radical (unpaired) electrons. The number of hydroxylamine groups is 1. The van der Waals surface area contributed by atoms with Crippen LogP contribution in [0.3, 0.4) is 0 Å². The van der Waals surface area contributed by atoms with Gasteiger partial charge >= 0.3 is 12.1 Å². The van der Waals surface area contributed by atoms with Crippen LogP contribution in [0.25, 0.3) is 0 Å². The number of likely N-dealkylation sites (N-methyl/N-ethyl adjacent to an activating group) is 1. The Hall–Kier alpha value is -3.46. The first-order chi connectivity index (χ1) is 20.6. The molecule has 14 heteroatoms. The molecule has 0 bridgehead atoms. The van der Waals surface area contributed by atoms with Gasteiger partial charge < -0.3 is 25.1 Å². The number of amides is 1. The molecule has 2 saturated heterocycles. The van der Waals surface area contributed by atoms with Crippen LogP contribution >= 0.6 is 0 Å². The van der Waals surface area contributed by atoms with Gasteiger partial charge in [0.2, 0.25) is 0 Å². The van der Waals surface area contributed by atoms with Crippen LogP contribution in [0.2, 0.25) is 0 Å². The number of piperazine rings is 1. The summed E-state index contributed by atoms with van der Waals surface area (Å²) in [5.74, 6) is -2.38. The fourth-order valence-electron chi connectivity index (χ4n) is 5.54. The molecule has 0 unspecified atom stereocenters. The SMILES string of the molecule is CCN1c2ncc(C(=O)NCc3cccc(CN4CCN(C)CC4)c3)c(NC3CCOCC3)c2CN1OC(=O)C(F)(F)F. The molecule has 1 aromatic carbocycles. The predicted molar refractivity (Wildman–Crippen MR) is 153 cm³/mol. The molecule has 2 fully saturated rings. The summed E-state index contributed by atoms with van der Waals surface area (Å²) >= 11 is 0. The summed E-state index contributed by atoms with van der Waals surface area (Å²) in [5.41, 5.74) is 3.33. The number of pyridine rings is 1. The average Bonchev–Trinajstić information content (AvgIpc) is 3.35. The minimum absolute atomic E-state index is 0.0140. The largest absolute Gasteiger partial charge is 0.492 e. The predicted octanol–water partition coefficient (Wildman–Crippen LogP) is 2.93. The van der Waals surface area contributed by atoms with E-state index < -0.39 is 12.1 Å². The number of nitrogens with one attached hydrogen (secondary N) is 2. The Bertz CT molecular complexity index is 1300. The number of hydrogen-bond acceptors (Lipinski definition) is 10. The third kappa shape index (κ3) is 7.55. The highest BCUT2D eigenvalue weighted by Crippen LogP contribution is 2.38. The van der Waals surface area contributed by atoms with E-state index in [1.807, 2.05) is 12.1 Å². The minimum Gasteiger partial charge on any atom is -0.381 e. The van der Waals surface area contributed by atoms with Crippen molar-refractivity contribution in [1.29, 1.82) is 0 Å². The normalized spacial score (nSPS) is 18.9. The van der Waals surface area contributed by atoms with E-state index in [-0.39, 0.29) is 30.6 Å². The Morgan fingerprint density at radius 2 is 1.84 bits per heavy atom. The summed E-state index contributed by atoms with van der Waals surface area (Å²) in [6, 6.07) is 8.10. The van der Waals surface area contributed by atoms with Gasteiger partial charge in [-0.3, -0.25) is 14.7 Å². The summed E-state index contributed by atoms with van der Waals surface area (Å²) in [6.07, 6.45) is -2.35. The zero-order valence-electron chi connectivity index (χ0n) is 24.5. The zero-order chi connectivity index (χ0) is 30.6. The van der Waals surface area contributed by atoms with Gasteiger partial charge in [0.25, 0.3) is 5.91 Å². The molecule has 5 rings (SSSR count). The van der Waals surface area contributed by atoms with Gasteiger partial charge in [-0.1, -0.05) is 24.3 Å². The molecule has 11 nitrogen and oxygen atoms in total. The van der Waals surface area contributed by atoms with Gasteiger partial charge in [-0.25, -0.2) is 9.78 Å². The van der Waals surface area contributed by atoms with Crippen molar-refractivity contribution in [3.63, 3.8) is 0 Å². The quantitative estimate of drug-likeness (QED) is 0.444. The number of fused-ring (bicyclic) bond motifs is 1. The van der Waals surface area contributed by atoms with E-state index in [2.05, 4.69) is 49.4 Å². The van der Waals surface area contributed by atoms with Crippen molar-refractivity contribution < 1.29 is 32.3 Å². The maximum absolute atomic E-state index is 13.6. The van der Waals surface area contributed by atoms with Crippen molar-refractivity contribution in [2.45, 2.75) is 51.6 Å². The number of carbonyl (C=O) groups excluding carboxylic acids is 2. The molecule has 2 aromatic rings. The lowest BCUT2D eigenvalue weighted by atomic mass is 10.0. The molecule has 0 spiro atoms. The lowest BCUT2D eigenvalue weighted by molar-refractivity contribution is -0.241. The van der Waals surface area contributed by atoms with E-state index in [0.717, 1.165) is 43.5 Å². The van der Waals surface area contributed by atoms with Gasteiger partial charge in [0, 0.05) is 76.8 Å². The molecule has 3 aliphatic heterocycles. The number of hydrogen-bond donors (Lipinski definition) is 2. The summed E-state index contributed by atoms with van der Waals surface area (Å²) in [5, 5.41) is 8.61. The van der Waals surface area contributed by atoms with Crippen molar-refractivity contribution in [3.8, 4) is 0 Å². The second-order valence-electron chi connectivity index (χ2n) is 11.1. The van der Waals surface area contributed by atoms with Crippen LogP contribution in [0, 0.1) is 0 Å². The van der Waals surface area contributed by atoms with Crippen LogP contribution in [-0.4, -0.2) is 97.0 Å². The summed E-state index contributed by atoms with van der Waals surface area (Å²) in [7, 11) is 2.13. The number of nitrogens with zero attached hydrogens (tertiary/aromatic N) is 5. The number of rotatable bonds is 9. The number of hydrazine groups is 1. The molecule has 4 heterocycles. The van der Waals surface area contributed by atoms with Crippen molar-refractivity contribution in [1.82, 2.24) is 25.3 Å². The molecular formula is C29H38F3N7O4. The number of halogens is 3. The van der Waals surface area contributed by atoms with E-state index in [1.54, 1.807) is 6.92 Å². The first-order valence-electron chi connectivity index (χ1n) is 14.6.